The zero-order valence-corrected chi connectivity index (χ0v) is 12.9. The molecule has 2 aromatic rings. The van der Waals surface area contributed by atoms with Crippen LogP contribution >= 0.6 is 0 Å². The van der Waals surface area contributed by atoms with Crippen molar-refractivity contribution in [3.63, 3.8) is 0 Å². The van der Waals surface area contributed by atoms with E-state index in [4.69, 9.17) is 10.4 Å². The van der Waals surface area contributed by atoms with E-state index in [1.165, 1.54) is 12.1 Å². The molecule has 1 amide bonds. The Morgan fingerprint density at radius 1 is 1.00 bits per heavy atom. The summed E-state index contributed by atoms with van der Waals surface area (Å²) in [4.78, 5) is 12.1. The topological polar surface area (TPSA) is 125 Å². The van der Waals surface area contributed by atoms with Gasteiger partial charge in [0.1, 0.15) is 0 Å². The maximum absolute atomic E-state index is 12.1. The van der Waals surface area contributed by atoms with Gasteiger partial charge in [0, 0.05) is 18.7 Å². The van der Waals surface area contributed by atoms with Crippen molar-refractivity contribution in [3.8, 4) is 0 Å². The monoisotopic (exact) mass is 333 g/mol. The first kappa shape index (κ1) is 18.0. The summed E-state index contributed by atoms with van der Waals surface area (Å²) in [5, 5.41) is 40.2. The molecule has 2 unspecified atom stereocenters. The van der Waals surface area contributed by atoms with Crippen molar-refractivity contribution < 1.29 is 25.7 Å². The molecule has 128 valence electrons. The fraction of sp³-hybridized carbons (Fsp3) is 0.188. The van der Waals surface area contributed by atoms with E-state index in [2.05, 4.69) is 5.32 Å². The summed E-state index contributed by atoms with van der Waals surface area (Å²) in [6.45, 7) is 0.410. The molecule has 0 aliphatic carbocycles. The second kappa shape index (κ2) is 8.50. The lowest BCUT2D eigenvalue weighted by Gasteiger charge is -2.17. The van der Waals surface area contributed by atoms with Crippen molar-refractivity contribution in [2.45, 2.75) is 12.8 Å². The zero-order chi connectivity index (χ0) is 17.5. The van der Waals surface area contributed by atoms with Gasteiger partial charge in [-0.25, -0.2) is 10.4 Å². The molecule has 0 saturated heterocycles. The summed E-state index contributed by atoms with van der Waals surface area (Å²) in [6.07, 6.45) is 1.52. The van der Waals surface area contributed by atoms with E-state index < -0.39 is 16.4 Å². The number of quaternary nitrogens is 2. The van der Waals surface area contributed by atoms with Gasteiger partial charge in [-0.2, -0.15) is 10.5 Å². The van der Waals surface area contributed by atoms with Crippen molar-refractivity contribution in [3.05, 3.63) is 70.1 Å². The molecule has 2 atom stereocenters. The average molecular weight is 333 g/mol. The normalized spacial score (nSPS) is 13.3. The maximum Gasteiger partial charge on any atom is 0.251 e. The fourth-order valence-electron chi connectivity index (χ4n) is 2.25. The Labute approximate surface area is 138 Å². The number of nitrogens with one attached hydrogen (secondary N) is 3. The van der Waals surface area contributed by atoms with Crippen molar-refractivity contribution in [2.24, 2.45) is 0 Å². The molecule has 2 aromatic carbocycles. The lowest BCUT2D eigenvalue weighted by atomic mass is 10.1. The highest BCUT2D eigenvalue weighted by Crippen LogP contribution is 2.13. The largest absolute Gasteiger partial charge is 0.595 e. The summed E-state index contributed by atoms with van der Waals surface area (Å²) in [5.74, 6) is -0.492. The Bertz CT molecular complexity index is 650. The molecule has 5 N–H and O–H groups in total. The predicted octanol–water partition coefficient (Wildman–Crippen LogP) is -0.144. The molecule has 0 aliphatic rings. The lowest BCUT2D eigenvalue weighted by Crippen LogP contribution is -3.00. The third kappa shape index (κ3) is 5.10. The first-order valence-corrected chi connectivity index (χ1v) is 7.41. The molecular weight excluding hydrogens is 314 g/mol. The van der Waals surface area contributed by atoms with E-state index in [-0.39, 0.29) is 16.9 Å². The first-order valence-electron chi connectivity index (χ1n) is 7.41. The van der Waals surface area contributed by atoms with Crippen molar-refractivity contribution >= 4 is 17.3 Å². The quantitative estimate of drug-likeness (QED) is 0.356. The highest BCUT2D eigenvalue weighted by molar-refractivity contribution is 5.95. The highest BCUT2D eigenvalue weighted by atomic mass is 16.8. The SMILES string of the molecule is O=C(NCCCc1ccccc1)c1cc([NH+]([O-])O)cc([NH+]([O-])O)c1. The van der Waals surface area contributed by atoms with Crippen LogP contribution in [0.4, 0.5) is 11.4 Å². The van der Waals surface area contributed by atoms with E-state index in [9.17, 15) is 15.2 Å². The number of carbonyl (C=O) groups excluding carboxylic acids is 1. The van der Waals surface area contributed by atoms with E-state index in [1.807, 2.05) is 30.3 Å². The van der Waals surface area contributed by atoms with Crippen LogP contribution in [-0.2, 0) is 6.42 Å². The third-order valence-corrected chi connectivity index (χ3v) is 3.46. The third-order valence-electron chi connectivity index (χ3n) is 3.46. The minimum atomic E-state index is -1.28. The van der Waals surface area contributed by atoms with Crippen LogP contribution in [-0.4, -0.2) is 22.9 Å². The standard InChI is InChI=1S/C16H19N3O5/c20-16(17-8-4-7-12-5-2-1-3-6-12)13-9-14(18(21)22)11-15(10-13)19(23)24/h1-3,5-6,9-11,18-19,21,23H,4,7-8H2,(H,17,20). The molecule has 2 rings (SSSR count). The van der Waals surface area contributed by atoms with Gasteiger partial charge >= 0.3 is 0 Å². The van der Waals surface area contributed by atoms with Gasteiger partial charge in [-0.3, -0.25) is 4.79 Å². The number of amides is 1. The second-order valence-corrected chi connectivity index (χ2v) is 5.25. The predicted molar refractivity (Wildman–Crippen MR) is 85.1 cm³/mol. The number of hydrogen-bond donors (Lipinski definition) is 5. The van der Waals surface area contributed by atoms with E-state index in [0.29, 0.717) is 6.54 Å². The van der Waals surface area contributed by atoms with Crippen molar-refractivity contribution in [1.29, 1.82) is 0 Å². The Hall–Kier alpha value is -2.33. The fourth-order valence-corrected chi connectivity index (χ4v) is 2.25. The van der Waals surface area contributed by atoms with Crippen LogP contribution < -0.4 is 15.8 Å². The molecule has 8 nitrogen and oxygen atoms in total. The number of aryl methyl sites for hydroxylation is 1. The van der Waals surface area contributed by atoms with Crippen LogP contribution in [0.5, 0.6) is 0 Å². The van der Waals surface area contributed by atoms with Gasteiger partial charge in [-0.15, -0.1) is 0 Å². The smallest absolute Gasteiger partial charge is 0.251 e. The van der Waals surface area contributed by atoms with Crippen LogP contribution in [0.1, 0.15) is 22.3 Å². The summed E-state index contributed by atoms with van der Waals surface area (Å²) < 4.78 is 0. The highest BCUT2D eigenvalue weighted by Gasteiger charge is 2.15. The molecule has 0 saturated carbocycles. The molecule has 0 aliphatic heterocycles. The van der Waals surface area contributed by atoms with E-state index >= 15 is 0 Å². The molecule has 0 fully saturated rings. The van der Waals surface area contributed by atoms with Crippen molar-refractivity contribution in [2.75, 3.05) is 6.54 Å². The summed E-state index contributed by atoms with van der Waals surface area (Å²) in [6, 6.07) is 13.2. The molecule has 0 bridgehead atoms. The molecule has 0 radical (unpaired) electrons. The van der Waals surface area contributed by atoms with E-state index in [0.717, 1.165) is 24.5 Å². The van der Waals surface area contributed by atoms with Gasteiger partial charge in [0.05, 0.1) is 11.6 Å². The van der Waals surface area contributed by atoms with Crippen LogP contribution in [0.2, 0.25) is 0 Å². The number of hydrogen-bond acceptors (Lipinski definition) is 5. The molecule has 24 heavy (non-hydrogen) atoms. The van der Waals surface area contributed by atoms with Crippen LogP contribution in [0, 0.1) is 10.4 Å². The van der Waals surface area contributed by atoms with Gasteiger partial charge in [-0.05, 0) is 18.4 Å². The summed E-state index contributed by atoms with van der Waals surface area (Å²) in [5.41, 5.74) is 0.716. The van der Waals surface area contributed by atoms with Gasteiger partial charge in [0.25, 0.3) is 5.91 Å². The Balaban J connectivity index is 1.96. The minimum Gasteiger partial charge on any atom is -0.595 e. The average Bonchev–Trinajstić information content (AvgIpc) is 2.59. The Morgan fingerprint density at radius 2 is 1.58 bits per heavy atom. The summed E-state index contributed by atoms with van der Waals surface area (Å²) in [7, 11) is 0. The minimum absolute atomic E-state index is 0.0204. The number of benzene rings is 2. The van der Waals surface area contributed by atoms with Gasteiger partial charge in [0.15, 0.2) is 11.4 Å². The number of carbonyl (C=O) groups is 1. The maximum atomic E-state index is 12.1. The second-order valence-electron chi connectivity index (χ2n) is 5.25. The zero-order valence-electron chi connectivity index (χ0n) is 12.9. The molecular formula is C16H19N3O5. The Morgan fingerprint density at radius 3 is 2.12 bits per heavy atom. The van der Waals surface area contributed by atoms with Gasteiger partial charge in [0.2, 0.25) is 0 Å². The van der Waals surface area contributed by atoms with Crippen LogP contribution in [0.3, 0.4) is 0 Å². The first-order chi connectivity index (χ1) is 11.5. The molecule has 0 aromatic heterocycles. The summed E-state index contributed by atoms with van der Waals surface area (Å²) >= 11 is 0. The van der Waals surface area contributed by atoms with Gasteiger partial charge < -0.3 is 15.7 Å². The van der Waals surface area contributed by atoms with Crippen LogP contribution in [0.15, 0.2) is 48.5 Å². The Kier molecular flexibility index (Phi) is 6.38. The molecule has 0 spiro atoms. The van der Waals surface area contributed by atoms with Crippen LogP contribution in [0.25, 0.3) is 0 Å². The van der Waals surface area contributed by atoms with E-state index in [1.54, 1.807) is 0 Å². The van der Waals surface area contributed by atoms with Gasteiger partial charge in [-0.1, -0.05) is 30.3 Å². The lowest BCUT2D eigenvalue weighted by molar-refractivity contribution is -0.996. The number of rotatable bonds is 7. The molecule has 0 heterocycles. The van der Waals surface area contributed by atoms with Crippen molar-refractivity contribution in [1.82, 2.24) is 5.32 Å². The molecule has 8 heteroatoms.